The Morgan fingerprint density at radius 3 is 2.45 bits per heavy atom. The lowest BCUT2D eigenvalue weighted by atomic mass is 10.00. The third-order valence-electron chi connectivity index (χ3n) is 6.18. The molecule has 1 aromatic heterocycles. The minimum atomic E-state index is -0.889. The number of rotatable bonds is 7. The molecular formula is C27H29FN2O2S. The molecule has 33 heavy (non-hydrogen) atoms. The summed E-state index contributed by atoms with van der Waals surface area (Å²) in [5.74, 6) is -0.773. The Hall–Kier alpha value is -2.99. The van der Waals surface area contributed by atoms with Crippen LogP contribution in [0.4, 0.5) is 10.1 Å². The Kier molecular flexibility index (Phi) is 7.23. The first kappa shape index (κ1) is 23.2. The van der Waals surface area contributed by atoms with Crippen LogP contribution in [-0.2, 0) is 16.0 Å². The summed E-state index contributed by atoms with van der Waals surface area (Å²) in [7, 11) is 0. The Morgan fingerprint density at radius 2 is 1.82 bits per heavy atom. The predicted octanol–water partition coefficient (Wildman–Crippen LogP) is 5.88. The van der Waals surface area contributed by atoms with Gasteiger partial charge in [-0.2, -0.15) is 0 Å². The van der Waals surface area contributed by atoms with E-state index in [4.69, 9.17) is 0 Å². The first-order valence-corrected chi connectivity index (χ1v) is 12.3. The topological polar surface area (TPSA) is 49.4 Å². The van der Waals surface area contributed by atoms with Crippen LogP contribution in [0.25, 0.3) is 0 Å². The molecule has 1 aliphatic rings. The molecule has 3 aromatic rings. The first-order chi connectivity index (χ1) is 15.9. The monoisotopic (exact) mass is 464 g/mol. The number of nitrogens with zero attached hydrogens (tertiary/aromatic N) is 1. The third kappa shape index (κ3) is 5.50. The zero-order chi connectivity index (χ0) is 23.4. The van der Waals surface area contributed by atoms with Crippen LogP contribution < -0.4 is 10.2 Å². The molecule has 1 atom stereocenters. The van der Waals surface area contributed by atoms with E-state index in [1.807, 2.05) is 49.6 Å². The van der Waals surface area contributed by atoms with E-state index in [2.05, 4.69) is 5.32 Å². The van der Waals surface area contributed by atoms with Gasteiger partial charge < -0.3 is 5.32 Å². The molecule has 6 heteroatoms. The van der Waals surface area contributed by atoms with Crippen LogP contribution in [0.15, 0.2) is 60.0 Å². The quantitative estimate of drug-likeness (QED) is 0.475. The highest BCUT2D eigenvalue weighted by Crippen LogP contribution is 2.33. The van der Waals surface area contributed by atoms with Crippen molar-refractivity contribution in [2.24, 2.45) is 0 Å². The summed E-state index contributed by atoms with van der Waals surface area (Å²) < 4.78 is 13.7. The lowest BCUT2D eigenvalue weighted by Gasteiger charge is -2.33. The number of hydrogen-bond acceptors (Lipinski definition) is 3. The molecule has 1 N–H and O–H groups in total. The van der Waals surface area contributed by atoms with Gasteiger partial charge in [0.05, 0.1) is 6.42 Å². The van der Waals surface area contributed by atoms with Crippen LogP contribution in [-0.4, -0.2) is 17.9 Å². The second kappa shape index (κ2) is 10.3. The maximum Gasteiger partial charge on any atom is 0.248 e. The number of aryl methyl sites for hydroxylation is 2. The number of carbonyl (C=O) groups is 2. The molecule has 1 aliphatic carbocycles. The predicted molar refractivity (Wildman–Crippen MR) is 131 cm³/mol. The Balaban J connectivity index is 1.79. The molecule has 1 fully saturated rings. The fourth-order valence-electron chi connectivity index (χ4n) is 4.55. The van der Waals surface area contributed by atoms with Crippen molar-refractivity contribution in [3.8, 4) is 0 Å². The molecular weight excluding hydrogens is 435 g/mol. The van der Waals surface area contributed by atoms with Gasteiger partial charge in [-0.1, -0.05) is 48.7 Å². The van der Waals surface area contributed by atoms with Crippen molar-refractivity contribution in [2.45, 2.75) is 58.0 Å². The Labute approximate surface area is 198 Å². The lowest BCUT2D eigenvalue weighted by molar-refractivity contribution is -0.127. The van der Waals surface area contributed by atoms with Gasteiger partial charge in [0.25, 0.3) is 0 Å². The van der Waals surface area contributed by atoms with Gasteiger partial charge in [-0.3, -0.25) is 14.5 Å². The van der Waals surface area contributed by atoms with Gasteiger partial charge in [0.2, 0.25) is 11.8 Å². The molecule has 1 saturated carbocycles. The summed E-state index contributed by atoms with van der Waals surface area (Å²) in [5.41, 5.74) is 3.27. The van der Waals surface area contributed by atoms with Crippen LogP contribution in [0, 0.1) is 19.7 Å². The van der Waals surface area contributed by atoms with Crippen LogP contribution in [0.3, 0.4) is 0 Å². The molecule has 172 valence electrons. The van der Waals surface area contributed by atoms with Crippen LogP contribution >= 0.6 is 11.3 Å². The Bertz CT molecular complexity index is 1110. The minimum absolute atomic E-state index is 0.105. The normalized spacial score (nSPS) is 14.8. The van der Waals surface area contributed by atoms with E-state index >= 15 is 0 Å². The maximum absolute atomic E-state index is 13.8. The lowest BCUT2D eigenvalue weighted by Crippen LogP contribution is -2.47. The molecule has 4 rings (SSSR count). The van der Waals surface area contributed by atoms with Crippen molar-refractivity contribution in [3.63, 3.8) is 0 Å². The number of thiophene rings is 1. The number of hydrogen-bond donors (Lipinski definition) is 1. The van der Waals surface area contributed by atoms with Crippen molar-refractivity contribution in [1.82, 2.24) is 5.32 Å². The summed E-state index contributed by atoms with van der Waals surface area (Å²) >= 11 is 1.52. The van der Waals surface area contributed by atoms with E-state index in [-0.39, 0.29) is 30.1 Å². The van der Waals surface area contributed by atoms with Gasteiger partial charge in [0, 0.05) is 16.6 Å². The van der Waals surface area contributed by atoms with Gasteiger partial charge in [0.15, 0.2) is 0 Å². The minimum Gasteiger partial charge on any atom is -0.351 e. The van der Waals surface area contributed by atoms with Crippen molar-refractivity contribution in [1.29, 1.82) is 0 Å². The molecule has 0 unspecified atom stereocenters. The molecule has 0 spiro atoms. The molecule has 1 heterocycles. The fourth-order valence-corrected chi connectivity index (χ4v) is 5.25. The number of anilines is 1. The number of carbonyl (C=O) groups excluding carboxylic acids is 2. The Morgan fingerprint density at radius 1 is 1.09 bits per heavy atom. The smallest absolute Gasteiger partial charge is 0.248 e. The first-order valence-electron chi connectivity index (χ1n) is 11.4. The van der Waals surface area contributed by atoms with Crippen molar-refractivity contribution >= 4 is 28.8 Å². The van der Waals surface area contributed by atoms with Crippen molar-refractivity contribution in [3.05, 3.63) is 87.4 Å². The third-order valence-corrected chi connectivity index (χ3v) is 7.06. The number of nitrogens with one attached hydrogen (secondary N) is 1. The summed E-state index contributed by atoms with van der Waals surface area (Å²) in [6.07, 6.45) is 4.25. The summed E-state index contributed by atoms with van der Waals surface area (Å²) in [6.45, 7) is 3.95. The van der Waals surface area contributed by atoms with E-state index in [0.717, 1.165) is 41.7 Å². The molecule has 0 saturated heterocycles. The highest BCUT2D eigenvalue weighted by Gasteiger charge is 2.35. The summed E-state index contributed by atoms with van der Waals surface area (Å²) in [4.78, 5) is 30.0. The van der Waals surface area contributed by atoms with E-state index in [0.29, 0.717) is 11.3 Å². The van der Waals surface area contributed by atoms with Gasteiger partial charge in [-0.25, -0.2) is 4.39 Å². The van der Waals surface area contributed by atoms with Gasteiger partial charge in [-0.15, -0.1) is 11.3 Å². The SMILES string of the molecule is Cc1ccc(N(C(=O)Cc2cccs2)[C@@H](C(=O)NC2CCCC2)c2ccc(F)cc2)c(C)c1. The highest BCUT2D eigenvalue weighted by atomic mass is 32.1. The van der Waals surface area contributed by atoms with Crippen molar-refractivity contribution in [2.75, 3.05) is 4.90 Å². The summed E-state index contributed by atoms with van der Waals surface area (Å²) in [6, 6.07) is 14.8. The van der Waals surface area contributed by atoms with E-state index < -0.39 is 6.04 Å². The molecule has 0 bridgehead atoms. The molecule has 0 radical (unpaired) electrons. The number of halogens is 1. The number of amides is 2. The standard InChI is InChI=1S/C27H29FN2O2S/c1-18-9-14-24(19(2)16-18)30(25(31)17-23-8-5-15-33-23)26(20-10-12-21(28)13-11-20)27(32)29-22-6-3-4-7-22/h5,8-16,22,26H,3-4,6-7,17H2,1-2H3,(H,29,32)/t26-/m1/s1. The summed E-state index contributed by atoms with van der Waals surface area (Å²) in [5, 5.41) is 5.10. The average molecular weight is 465 g/mol. The second-order valence-corrected chi connectivity index (χ2v) is 9.79. The zero-order valence-electron chi connectivity index (χ0n) is 19.0. The largest absolute Gasteiger partial charge is 0.351 e. The van der Waals surface area contributed by atoms with Gasteiger partial charge >= 0.3 is 0 Å². The highest BCUT2D eigenvalue weighted by molar-refractivity contribution is 7.10. The van der Waals surface area contributed by atoms with Crippen LogP contribution in [0.5, 0.6) is 0 Å². The molecule has 2 aromatic carbocycles. The second-order valence-electron chi connectivity index (χ2n) is 8.75. The van der Waals surface area contributed by atoms with E-state index in [1.54, 1.807) is 17.0 Å². The van der Waals surface area contributed by atoms with Gasteiger partial charge in [-0.05, 0) is 67.5 Å². The van der Waals surface area contributed by atoms with Crippen LogP contribution in [0.2, 0.25) is 0 Å². The molecule has 4 nitrogen and oxygen atoms in total. The maximum atomic E-state index is 13.8. The molecule has 0 aliphatic heterocycles. The fraction of sp³-hybridized carbons (Fsp3) is 0.333. The number of benzene rings is 2. The van der Waals surface area contributed by atoms with E-state index in [9.17, 15) is 14.0 Å². The molecule has 2 amide bonds. The average Bonchev–Trinajstić information content (AvgIpc) is 3.48. The van der Waals surface area contributed by atoms with Crippen molar-refractivity contribution < 1.29 is 14.0 Å². The van der Waals surface area contributed by atoms with Crippen LogP contribution in [0.1, 0.15) is 53.3 Å². The zero-order valence-corrected chi connectivity index (χ0v) is 19.8. The van der Waals surface area contributed by atoms with Gasteiger partial charge in [0.1, 0.15) is 11.9 Å². The van der Waals surface area contributed by atoms with E-state index in [1.165, 1.54) is 23.5 Å².